The van der Waals surface area contributed by atoms with Crippen molar-refractivity contribution in [3.63, 3.8) is 0 Å². The Morgan fingerprint density at radius 1 is 1.24 bits per heavy atom. The van der Waals surface area contributed by atoms with Gasteiger partial charge in [-0.1, -0.05) is 17.7 Å². The van der Waals surface area contributed by atoms with Crippen LogP contribution in [0.5, 0.6) is 5.75 Å². The second-order valence-electron chi connectivity index (χ2n) is 5.82. The van der Waals surface area contributed by atoms with Gasteiger partial charge in [-0.05, 0) is 42.5 Å². The molecule has 9 heteroatoms. The first-order valence-electron chi connectivity index (χ1n) is 8.47. The number of rotatable bonds is 6. The number of methoxy groups -OCH3 is 1. The number of aromatic nitrogens is 1. The van der Waals surface area contributed by atoms with Crippen LogP contribution in [0.15, 0.2) is 59.0 Å². The van der Waals surface area contributed by atoms with Crippen molar-refractivity contribution in [1.82, 2.24) is 10.4 Å². The van der Waals surface area contributed by atoms with Crippen LogP contribution in [0.3, 0.4) is 0 Å². The van der Waals surface area contributed by atoms with E-state index in [-0.39, 0.29) is 11.8 Å². The zero-order valence-corrected chi connectivity index (χ0v) is 17.2. The van der Waals surface area contributed by atoms with Crippen LogP contribution in [-0.2, 0) is 4.79 Å². The van der Waals surface area contributed by atoms with Gasteiger partial charge >= 0.3 is 0 Å². The third-order valence-electron chi connectivity index (χ3n) is 3.80. The number of nitrogens with one attached hydrogen (secondary N) is 1. The predicted octanol–water partition coefficient (Wildman–Crippen LogP) is 4.25. The lowest BCUT2D eigenvalue weighted by molar-refractivity contribution is -0.115. The number of hydrazone groups is 1. The van der Waals surface area contributed by atoms with Crippen molar-refractivity contribution in [1.29, 1.82) is 0 Å². The molecular formula is C20H17ClN4O3S. The minimum Gasteiger partial charge on any atom is -0.497 e. The van der Waals surface area contributed by atoms with Crippen molar-refractivity contribution in [3.8, 4) is 5.75 Å². The first-order chi connectivity index (χ1) is 14.0. The maximum Gasteiger partial charge on any atom is 0.271 e. The molecule has 0 radical (unpaired) electrons. The molecule has 1 heterocycles. The monoisotopic (exact) mass is 428 g/mol. The van der Waals surface area contributed by atoms with Crippen LogP contribution in [0.25, 0.3) is 0 Å². The zero-order chi connectivity index (χ0) is 20.8. The number of carbonyl (C=O) groups is 2. The number of halogens is 1. The van der Waals surface area contributed by atoms with Gasteiger partial charge in [-0.25, -0.2) is 10.4 Å². The molecule has 3 rings (SSSR count). The number of amides is 2. The highest BCUT2D eigenvalue weighted by atomic mass is 35.5. The van der Waals surface area contributed by atoms with Crippen molar-refractivity contribution >= 4 is 51.8 Å². The lowest BCUT2D eigenvalue weighted by atomic mass is 10.2. The Bertz CT molecular complexity index is 1050. The Hall–Kier alpha value is -3.23. The van der Waals surface area contributed by atoms with Crippen LogP contribution in [-0.4, -0.2) is 30.1 Å². The molecule has 1 aromatic heterocycles. The van der Waals surface area contributed by atoms with E-state index in [0.717, 1.165) is 0 Å². The van der Waals surface area contributed by atoms with Gasteiger partial charge in [0.05, 0.1) is 24.7 Å². The third-order valence-corrected chi connectivity index (χ3v) is 4.88. The molecule has 0 fully saturated rings. The van der Waals surface area contributed by atoms with Crippen LogP contribution in [0.2, 0.25) is 5.02 Å². The van der Waals surface area contributed by atoms with Crippen molar-refractivity contribution in [2.45, 2.75) is 6.92 Å². The van der Waals surface area contributed by atoms with Crippen LogP contribution in [0.1, 0.15) is 23.0 Å². The van der Waals surface area contributed by atoms with Crippen LogP contribution in [0, 0.1) is 0 Å². The van der Waals surface area contributed by atoms with E-state index < -0.39 is 0 Å². The van der Waals surface area contributed by atoms with E-state index in [4.69, 9.17) is 16.3 Å². The van der Waals surface area contributed by atoms with E-state index in [9.17, 15) is 9.59 Å². The Morgan fingerprint density at radius 2 is 2.00 bits per heavy atom. The molecule has 7 nitrogen and oxygen atoms in total. The van der Waals surface area contributed by atoms with E-state index in [1.54, 1.807) is 61.0 Å². The van der Waals surface area contributed by atoms with Gasteiger partial charge in [-0.2, -0.15) is 5.10 Å². The first kappa shape index (κ1) is 20.5. The molecule has 2 aromatic carbocycles. The van der Waals surface area contributed by atoms with E-state index in [1.165, 1.54) is 29.4 Å². The summed E-state index contributed by atoms with van der Waals surface area (Å²) in [5.74, 6) is 0.129. The molecule has 0 bridgehead atoms. The van der Waals surface area contributed by atoms with Crippen molar-refractivity contribution in [3.05, 3.63) is 70.2 Å². The average molecular weight is 429 g/mol. The average Bonchev–Trinajstić information content (AvgIpc) is 3.16. The van der Waals surface area contributed by atoms with Gasteiger partial charge in [0, 0.05) is 22.9 Å². The number of thiazole rings is 1. The third kappa shape index (κ3) is 5.18. The van der Waals surface area contributed by atoms with Crippen molar-refractivity contribution in [2.75, 3.05) is 12.0 Å². The molecule has 0 aliphatic heterocycles. The lowest BCUT2D eigenvalue weighted by Gasteiger charge is -2.18. The standard InChI is InChI=1S/C20H17ClN4O3S/c1-13(26)25(17-6-8-18(28-2)9-7-17)20-23-16(12-29-20)11-22-24-19(27)14-4-3-5-15(21)10-14/h3-12H,1-2H3,(H,24,27). The highest BCUT2D eigenvalue weighted by Crippen LogP contribution is 2.29. The summed E-state index contributed by atoms with van der Waals surface area (Å²) in [6.45, 7) is 1.46. The summed E-state index contributed by atoms with van der Waals surface area (Å²) >= 11 is 7.17. The van der Waals surface area contributed by atoms with E-state index >= 15 is 0 Å². The predicted molar refractivity (Wildman–Crippen MR) is 114 cm³/mol. The highest BCUT2D eigenvalue weighted by Gasteiger charge is 2.17. The molecule has 0 aliphatic rings. The number of carbonyl (C=O) groups excluding carboxylic acids is 2. The fourth-order valence-electron chi connectivity index (χ4n) is 2.45. The summed E-state index contributed by atoms with van der Waals surface area (Å²) in [6, 6.07) is 13.6. The number of benzene rings is 2. The summed E-state index contributed by atoms with van der Waals surface area (Å²) in [7, 11) is 1.58. The molecule has 0 aliphatic carbocycles. The summed E-state index contributed by atoms with van der Waals surface area (Å²) in [4.78, 5) is 30.1. The van der Waals surface area contributed by atoms with Crippen LogP contribution in [0.4, 0.5) is 10.8 Å². The number of nitrogens with zero attached hydrogens (tertiary/aromatic N) is 3. The van der Waals surface area contributed by atoms with Gasteiger partial charge in [-0.15, -0.1) is 11.3 Å². The molecule has 29 heavy (non-hydrogen) atoms. The Labute approximate surface area is 176 Å². The first-order valence-corrected chi connectivity index (χ1v) is 9.73. The molecule has 1 N–H and O–H groups in total. The smallest absolute Gasteiger partial charge is 0.271 e. The van der Waals surface area contributed by atoms with E-state index in [0.29, 0.717) is 32.8 Å². The second kappa shape index (κ2) is 9.31. The van der Waals surface area contributed by atoms with Crippen LogP contribution >= 0.6 is 22.9 Å². The fraction of sp³-hybridized carbons (Fsp3) is 0.100. The lowest BCUT2D eigenvalue weighted by Crippen LogP contribution is -2.22. The SMILES string of the molecule is COc1ccc(N(C(C)=O)c2nc(C=NNC(=O)c3cccc(Cl)c3)cs2)cc1. The Balaban J connectivity index is 1.71. The molecule has 148 valence electrons. The minimum atomic E-state index is -0.386. The number of hydrogen-bond donors (Lipinski definition) is 1. The van der Waals surface area contributed by atoms with Crippen molar-refractivity contribution < 1.29 is 14.3 Å². The number of hydrogen-bond acceptors (Lipinski definition) is 6. The zero-order valence-electron chi connectivity index (χ0n) is 15.6. The maximum absolute atomic E-state index is 12.2. The fourth-order valence-corrected chi connectivity index (χ4v) is 3.48. The minimum absolute atomic E-state index is 0.178. The normalized spacial score (nSPS) is 10.7. The largest absolute Gasteiger partial charge is 0.497 e. The topological polar surface area (TPSA) is 83.9 Å². The molecule has 0 atom stereocenters. The van der Waals surface area contributed by atoms with E-state index in [2.05, 4.69) is 15.5 Å². The molecule has 2 amide bonds. The Morgan fingerprint density at radius 3 is 2.66 bits per heavy atom. The van der Waals surface area contributed by atoms with Gasteiger partial charge in [0.1, 0.15) is 5.75 Å². The highest BCUT2D eigenvalue weighted by molar-refractivity contribution is 7.14. The quantitative estimate of drug-likeness (QED) is 0.469. The van der Waals surface area contributed by atoms with E-state index in [1.807, 2.05) is 0 Å². The van der Waals surface area contributed by atoms with Gasteiger partial charge in [0.25, 0.3) is 5.91 Å². The van der Waals surface area contributed by atoms with Gasteiger partial charge in [0.15, 0.2) is 5.13 Å². The van der Waals surface area contributed by atoms with Gasteiger partial charge < -0.3 is 4.74 Å². The maximum atomic E-state index is 12.2. The molecule has 0 unspecified atom stereocenters. The Kier molecular flexibility index (Phi) is 6.58. The summed E-state index contributed by atoms with van der Waals surface area (Å²) < 4.78 is 5.15. The number of anilines is 2. The van der Waals surface area contributed by atoms with Crippen molar-refractivity contribution in [2.24, 2.45) is 5.10 Å². The molecule has 0 saturated heterocycles. The molecule has 3 aromatic rings. The summed E-state index contributed by atoms with van der Waals surface area (Å²) in [5, 5.41) is 6.61. The summed E-state index contributed by atoms with van der Waals surface area (Å²) in [6.07, 6.45) is 1.41. The molecule has 0 saturated carbocycles. The van der Waals surface area contributed by atoms with Crippen LogP contribution < -0.4 is 15.1 Å². The molecular weight excluding hydrogens is 412 g/mol. The number of ether oxygens (including phenoxy) is 1. The molecule has 0 spiro atoms. The van der Waals surface area contributed by atoms with Gasteiger partial charge in [0.2, 0.25) is 5.91 Å². The van der Waals surface area contributed by atoms with Gasteiger partial charge in [-0.3, -0.25) is 14.5 Å². The second-order valence-corrected chi connectivity index (χ2v) is 7.09. The summed E-state index contributed by atoms with van der Waals surface area (Å²) in [5.41, 5.74) is 4.00.